The summed E-state index contributed by atoms with van der Waals surface area (Å²) in [7, 11) is 0. The molecule has 1 aliphatic rings. The largest absolute Gasteiger partial charge is 0.480 e. The SMILES string of the molecule is CC(C)(C)OC(=O)[C@H]1CN([C@@H](C(=O)O)c2cccs2)[C@H]1N. The van der Waals surface area contributed by atoms with E-state index in [4.69, 9.17) is 10.5 Å². The second-order valence-electron chi connectivity index (χ2n) is 6.08. The fraction of sp³-hybridized carbons (Fsp3) is 0.571. The Balaban J connectivity index is 2.05. The summed E-state index contributed by atoms with van der Waals surface area (Å²) in [6.45, 7) is 5.67. The Labute approximate surface area is 127 Å². The van der Waals surface area contributed by atoms with Gasteiger partial charge in [0.1, 0.15) is 11.6 Å². The molecule has 0 bridgehead atoms. The summed E-state index contributed by atoms with van der Waals surface area (Å²) in [4.78, 5) is 25.8. The highest BCUT2D eigenvalue weighted by molar-refractivity contribution is 7.10. The van der Waals surface area contributed by atoms with Crippen LogP contribution in [0.5, 0.6) is 0 Å². The van der Waals surface area contributed by atoms with E-state index in [0.29, 0.717) is 11.4 Å². The van der Waals surface area contributed by atoms with Gasteiger partial charge in [0.2, 0.25) is 0 Å². The molecule has 3 atom stereocenters. The van der Waals surface area contributed by atoms with E-state index < -0.39 is 29.7 Å². The molecule has 0 unspecified atom stereocenters. The van der Waals surface area contributed by atoms with Gasteiger partial charge in [-0.3, -0.25) is 14.5 Å². The Morgan fingerprint density at radius 1 is 1.52 bits per heavy atom. The number of esters is 1. The molecule has 0 amide bonds. The van der Waals surface area contributed by atoms with E-state index in [1.165, 1.54) is 11.3 Å². The number of carbonyl (C=O) groups is 2. The lowest BCUT2D eigenvalue weighted by Crippen LogP contribution is -2.66. The van der Waals surface area contributed by atoms with E-state index in [-0.39, 0.29) is 5.97 Å². The highest BCUT2D eigenvalue weighted by atomic mass is 32.1. The van der Waals surface area contributed by atoms with Gasteiger partial charge in [-0.05, 0) is 32.2 Å². The Bertz CT molecular complexity index is 524. The zero-order valence-electron chi connectivity index (χ0n) is 12.3. The van der Waals surface area contributed by atoms with Crippen molar-refractivity contribution >= 4 is 23.3 Å². The molecule has 1 saturated heterocycles. The maximum atomic E-state index is 12.0. The van der Waals surface area contributed by atoms with Crippen LogP contribution in [0, 0.1) is 5.92 Å². The van der Waals surface area contributed by atoms with Crippen molar-refractivity contribution in [3.63, 3.8) is 0 Å². The van der Waals surface area contributed by atoms with Crippen LogP contribution in [0.25, 0.3) is 0 Å². The molecule has 7 heteroatoms. The van der Waals surface area contributed by atoms with Crippen LogP contribution in [-0.2, 0) is 14.3 Å². The molecule has 0 aliphatic carbocycles. The Morgan fingerprint density at radius 2 is 2.19 bits per heavy atom. The van der Waals surface area contributed by atoms with Crippen molar-refractivity contribution in [2.75, 3.05) is 6.54 Å². The molecule has 1 aliphatic heterocycles. The van der Waals surface area contributed by atoms with Crippen LogP contribution in [-0.4, -0.2) is 40.3 Å². The van der Waals surface area contributed by atoms with Crippen molar-refractivity contribution in [1.82, 2.24) is 4.90 Å². The lowest BCUT2D eigenvalue weighted by atomic mass is 9.92. The molecule has 0 aromatic carbocycles. The van der Waals surface area contributed by atoms with Crippen LogP contribution in [0.15, 0.2) is 17.5 Å². The van der Waals surface area contributed by atoms with Crippen molar-refractivity contribution in [1.29, 1.82) is 0 Å². The zero-order valence-corrected chi connectivity index (χ0v) is 13.1. The summed E-state index contributed by atoms with van der Waals surface area (Å²) in [5, 5.41) is 11.2. The molecule has 0 radical (unpaired) electrons. The summed E-state index contributed by atoms with van der Waals surface area (Å²) in [5.41, 5.74) is 5.43. The third-order valence-corrected chi connectivity index (χ3v) is 4.22. The van der Waals surface area contributed by atoms with Gasteiger partial charge in [-0.25, -0.2) is 0 Å². The highest BCUT2D eigenvalue weighted by Crippen LogP contribution is 2.35. The van der Waals surface area contributed by atoms with Crippen LogP contribution in [0.2, 0.25) is 0 Å². The van der Waals surface area contributed by atoms with Crippen molar-refractivity contribution in [2.24, 2.45) is 11.7 Å². The minimum atomic E-state index is -0.962. The number of nitrogens with two attached hydrogens (primary N) is 1. The maximum absolute atomic E-state index is 12.0. The summed E-state index contributed by atoms with van der Waals surface area (Å²) in [6, 6.07) is 2.75. The number of carbonyl (C=O) groups excluding carboxylic acids is 1. The quantitative estimate of drug-likeness (QED) is 0.817. The summed E-state index contributed by atoms with van der Waals surface area (Å²) >= 11 is 1.36. The molecule has 0 saturated carbocycles. The number of thiophene rings is 1. The van der Waals surface area contributed by atoms with E-state index in [9.17, 15) is 14.7 Å². The molecule has 0 spiro atoms. The number of nitrogens with zero attached hydrogens (tertiary/aromatic N) is 1. The number of hydrogen-bond donors (Lipinski definition) is 2. The highest BCUT2D eigenvalue weighted by Gasteiger charge is 2.48. The summed E-state index contributed by atoms with van der Waals surface area (Å²) in [6.07, 6.45) is -0.636. The minimum absolute atomic E-state index is 0.297. The first-order chi connectivity index (χ1) is 9.70. The average molecular weight is 312 g/mol. The van der Waals surface area contributed by atoms with Crippen LogP contribution in [0.3, 0.4) is 0 Å². The van der Waals surface area contributed by atoms with Gasteiger partial charge in [-0.15, -0.1) is 11.3 Å². The number of rotatable bonds is 4. The normalized spacial score (nSPS) is 24.2. The van der Waals surface area contributed by atoms with E-state index in [1.54, 1.807) is 37.8 Å². The number of carboxylic acid groups (broad SMARTS) is 1. The summed E-state index contributed by atoms with van der Waals surface area (Å²) in [5.74, 6) is -1.82. The van der Waals surface area contributed by atoms with Gasteiger partial charge in [-0.1, -0.05) is 6.07 Å². The van der Waals surface area contributed by atoms with Gasteiger partial charge in [-0.2, -0.15) is 0 Å². The second kappa shape index (κ2) is 5.75. The monoisotopic (exact) mass is 312 g/mol. The smallest absolute Gasteiger partial charge is 0.326 e. The molecular weight excluding hydrogens is 292 g/mol. The van der Waals surface area contributed by atoms with Crippen LogP contribution in [0.1, 0.15) is 31.7 Å². The van der Waals surface area contributed by atoms with Crippen molar-refractivity contribution < 1.29 is 19.4 Å². The van der Waals surface area contributed by atoms with Gasteiger partial charge in [0.05, 0.1) is 12.1 Å². The first-order valence-corrected chi connectivity index (χ1v) is 7.59. The van der Waals surface area contributed by atoms with Gasteiger partial charge >= 0.3 is 11.9 Å². The van der Waals surface area contributed by atoms with Crippen LogP contribution in [0.4, 0.5) is 0 Å². The molecule has 1 aromatic rings. The standard InChI is InChI=1S/C14H20N2O4S/c1-14(2,3)20-13(19)8-7-16(11(8)15)10(12(17)18)9-5-4-6-21-9/h4-6,8,10-11H,7,15H2,1-3H3,(H,17,18)/t8-,10+,11+/m0/s1. The van der Waals surface area contributed by atoms with E-state index >= 15 is 0 Å². The second-order valence-corrected chi connectivity index (χ2v) is 7.06. The van der Waals surface area contributed by atoms with Gasteiger partial charge in [0, 0.05) is 11.4 Å². The molecule has 3 N–H and O–H groups in total. The lowest BCUT2D eigenvalue weighted by Gasteiger charge is -2.47. The average Bonchev–Trinajstić information content (AvgIpc) is 2.83. The van der Waals surface area contributed by atoms with Crippen LogP contribution < -0.4 is 5.73 Å². The number of likely N-dealkylation sites (tertiary alicyclic amines) is 1. The van der Waals surface area contributed by atoms with Crippen molar-refractivity contribution in [3.05, 3.63) is 22.4 Å². The Kier molecular flexibility index (Phi) is 4.36. The molecule has 1 fully saturated rings. The predicted octanol–water partition coefficient (Wildman–Crippen LogP) is 1.43. The fourth-order valence-electron chi connectivity index (χ4n) is 2.29. The van der Waals surface area contributed by atoms with E-state index in [0.717, 1.165) is 0 Å². The third kappa shape index (κ3) is 3.42. The molecule has 21 heavy (non-hydrogen) atoms. The number of carboxylic acids is 1. The maximum Gasteiger partial charge on any atom is 0.326 e. The van der Waals surface area contributed by atoms with Gasteiger partial charge in [0.15, 0.2) is 0 Å². The fourth-order valence-corrected chi connectivity index (χ4v) is 3.13. The lowest BCUT2D eigenvalue weighted by molar-refractivity contribution is -0.176. The predicted molar refractivity (Wildman–Crippen MR) is 78.7 cm³/mol. The zero-order chi connectivity index (χ0) is 15.8. The molecule has 1 aromatic heterocycles. The number of aliphatic carboxylic acids is 1. The number of hydrogen-bond acceptors (Lipinski definition) is 6. The molecule has 116 valence electrons. The molecular formula is C14H20N2O4S. The minimum Gasteiger partial charge on any atom is -0.480 e. The van der Waals surface area contributed by atoms with Crippen LogP contribution >= 0.6 is 11.3 Å². The Morgan fingerprint density at radius 3 is 2.62 bits per heavy atom. The Hall–Kier alpha value is -1.44. The van der Waals surface area contributed by atoms with Crippen molar-refractivity contribution in [2.45, 2.75) is 38.6 Å². The number of ether oxygens (including phenoxy) is 1. The van der Waals surface area contributed by atoms with Gasteiger partial charge in [0.25, 0.3) is 0 Å². The molecule has 2 heterocycles. The van der Waals surface area contributed by atoms with Gasteiger partial charge < -0.3 is 15.6 Å². The first-order valence-electron chi connectivity index (χ1n) is 6.71. The summed E-state index contributed by atoms with van der Waals surface area (Å²) < 4.78 is 5.30. The molecule has 6 nitrogen and oxygen atoms in total. The van der Waals surface area contributed by atoms with E-state index in [1.807, 2.05) is 5.38 Å². The first kappa shape index (κ1) is 15.9. The molecule has 2 rings (SSSR count). The van der Waals surface area contributed by atoms with E-state index in [2.05, 4.69) is 0 Å². The third-order valence-electron chi connectivity index (χ3n) is 3.29. The van der Waals surface area contributed by atoms with Crippen molar-refractivity contribution in [3.8, 4) is 0 Å². The topological polar surface area (TPSA) is 92.9 Å².